The molecule has 2 N–H and O–H groups in total. The highest BCUT2D eigenvalue weighted by Crippen LogP contribution is 2.31. The van der Waals surface area contributed by atoms with Crippen LogP contribution in [0.1, 0.15) is 5.69 Å². The number of aromatic nitrogens is 1. The van der Waals surface area contributed by atoms with Gasteiger partial charge in [0.1, 0.15) is 6.26 Å². The summed E-state index contributed by atoms with van der Waals surface area (Å²) in [5.41, 5.74) is 3.08. The highest BCUT2D eigenvalue weighted by molar-refractivity contribution is 7.90. The molecule has 0 radical (unpaired) electrons. The molecule has 0 aliphatic rings. The maximum absolute atomic E-state index is 11.9. The number of hydrogen-bond donors (Lipinski definition) is 1. The molecule has 0 bridgehead atoms. The van der Waals surface area contributed by atoms with Gasteiger partial charge in [-0.1, -0.05) is 18.2 Å². The fourth-order valence-corrected chi connectivity index (χ4v) is 4.07. The first-order valence-electron chi connectivity index (χ1n) is 7.53. The molecule has 1 heterocycles. The van der Waals surface area contributed by atoms with Crippen LogP contribution in [0.15, 0.2) is 70.5 Å². The van der Waals surface area contributed by atoms with Gasteiger partial charge >= 0.3 is 0 Å². The number of aryl methyl sites for hydroxylation is 1. The SMILES string of the molecule is Cc1ccc(-c2ccccc2S(N)(=O)=O)n1-c1ccc([S+](C)[O-])cc1. The fraction of sp³-hybridized carbons (Fsp3) is 0.111. The second kappa shape index (κ2) is 6.68. The Bertz CT molecular complexity index is 1010. The minimum absolute atomic E-state index is 0.0839. The zero-order valence-corrected chi connectivity index (χ0v) is 15.5. The van der Waals surface area contributed by atoms with Gasteiger partial charge in [0.25, 0.3) is 0 Å². The van der Waals surface area contributed by atoms with E-state index in [-0.39, 0.29) is 4.90 Å². The number of nitrogens with zero attached hydrogens (tertiary/aromatic N) is 1. The van der Waals surface area contributed by atoms with Gasteiger partial charge < -0.3 is 9.12 Å². The van der Waals surface area contributed by atoms with Crippen LogP contribution in [0.4, 0.5) is 0 Å². The van der Waals surface area contributed by atoms with Gasteiger partial charge in [0.05, 0.1) is 10.6 Å². The summed E-state index contributed by atoms with van der Waals surface area (Å²) < 4.78 is 37.4. The third-order valence-electron chi connectivity index (χ3n) is 3.97. The molecule has 0 aliphatic heterocycles. The minimum Gasteiger partial charge on any atom is -0.612 e. The second-order valence-electron chi connectivity index (χ2n) is 5.68. The van der Waals surface area contributed by atoms with Crippen LogP contribution in [0.5, 0.6) is 0 Å². The van der Waals surface area contributed by atoms with Crippen molar-refractivity contribution in [2.75, 3.05) is 6.26 Å². The van der Waals surface area contributed by atoms with Crippen molar-refractivity contribution in [2.45, 2.75) is 16.7 Å². The first-order chi connectivity index (χ1) is 11.8. The van der Waals surface area contributed by atoms with E-state index in [0.717, 1.165) is 22.0 Å². The normalized spacial score (nSPS) is 13.0. The molecular weight excluding hydrogens is 356 g/mol. The highest BCUT2D eigenvalue weighted by atomic mass is 32.2. The maximum Gasteiger partial charge on any atom is 0.238 e. The fourth-order valence-electron chi connectivity index (χ4n) is 2.80. The molecular formula is C18H18N2O3S2. The standard InChI is InChI=1S/C18H18N2O3S2/c1-13-7-12-17(16-5-3-4-6-18(16)25(19,22)23)20(13)14-8-10-15(11-9-14)24(2)21/h3-12H,1-2H3,(H2,19,22,23). The Labute approximate surface area is 150 Å². The van der Waals surface area contributed by atoms with E-state index >= 15 is 0 Å². The topological polar surface area (TPSA) is 88.2 Å². The summed E-state index contributed by atoms with van der Waals surface area (Å²) in [6.45, 7) is 1.94. The van der Waals surface area contributed by atoms with Crippen LogP contribution in [0.2, 0.25) is 0 Å². The summed E-state index contributed by atoms with van der Waals surface area (Å²) in [6.07, 6.45) is 1.63. The van der Waals surface area contributed by atoms with Gasteiger partial charge in [-0.2, -0.15) is 0 Å². The van der Waals surface area contributed by atoms with Crippen molar-refractivity contribution in [3.8, 4) is 16.9 Å². The summed E-state index contributed by atoms with van der Waals surface area (Å²) in [6, 6.07) is 17.8. The Balaban J connectivity index is 2.19. The smallest absolute Gasteiger partial charge is 0.238 e. The zero-order valence-electron chi connectivity index (χ0n) is 13.8. The molecule has 1 atom stereocenters. The van der Waals surface area contributed by atoms with Crippen LogP contribution in [-0.4, -0.2) is 23.8 Å². The predicted octanol–water partition coefficient (Wildman–Crippen LogP) is 2.84. The van der Waals surface area contributed by atoms with Gasteiger partial charge in [-0.05, 0) is 60.6 Å². The number of hydrogen-bond acceptors (Lipinski definition) is 3. The monoisotopic (exact) mass is 374 g/mol. The molecule has 1 unspecified atom stereocenters. The quantitative estimate of drug-likeness (QED) is 0.712. The van der Waals surface area contributed by atoms with E-state index in [1.54, 1.807) is 36.6 Å². The molecule has 3 rings (SSSR count). The molecule has 2 aromatic carbocycles. The van der Waals surface area contributed by atoms with E-state index in [4.69, 9.17) is 5.14 Å². The Kier molecular flexibility index (Phi) is 4.75. The summed E-state index contributed by atoms with van der Waals surface area (Å²) in [5, 5.41) is 5.37. The molecule has 0 amide bonds. The maximum atomic E-state index is 11.9. The van der Waals surface area contributed by atoms with E-state index in [0.29, 0.717) is 5.56 Å². The van der Waals surface area contributed by atoms with Crippen molar-refractivity contribution in [3.63, 3.8) is 0 Å². The summed E-state index contributed by atoms with van der Waals surface area (Å²) in [4.78, 5) is 0.820. The first-order valence-corrected chi connectivity index (χ1v) is 10.6. The van der Waals surface area contributed by atoms with Crippen molar-refractivity contribution in [3.05, 3.63) is 66.4 Å². The molecule has 25 heavy (non-hydrogen) atoms. The molecule has 7 heteroatoms. The van der Waals surface area contributed by atoms with Crippen molar-refractivity contribution >= 4 is 21.2 Å². The largest absolute Gasteiger partial charge is 0.612 e. The van der Waals surface area contributed by atoms with Crippen LogP contribution in [-0.2, 0) is 21.2 Å². The van der Waals surface area contributed by atoms with Crippen LogP contribution in [0.25, 0.3) is 16.9 Å². The van der Waals surface area contributed by atoms with E-state index in [1.165, 1.54) is 6.07 Å². The average molecular weight is 374 g/mol. The zero-order chi connectivity index (χ0) is 18.2. The third kappa shape index (κ3) is 3.50. The molecule has 1 aromatic heterocycles. The molecule has 130 valence electrons. The van der Waals surface area contributed by atoms with Crippen LogP contribution >= 0.6 is 0 Å². The van der Waals surface area contributed by atoms with E-state index in [9.17, 15) is 13.0 Å². The van der Waals surface area contributed by atoms with Crippen molar-refractivity contribution in [1.82, 2.24) is 4.57 Å². The molecule has 0 saturated heterocycles. The lowest BCUT2D eigenvalue weighted by Gasteiger charge is -2.15. The summed E-state index contributed by atoms with van der Waals surface area (Å²) in [7, 11) is -3.84. The predicted molar refractivity (Wildman–Crippen MR) is 99.6 cm³/mol. The second-order valence-corrected chi connectivity index (χ2v) is 8.59. The van der Waals surface area contributed by atoms with Crippen molar-refractivity contribution < 1.29 is 13.0 Å². The van der Waals surface area contributed by atoms with Crippen LogP contribution in [0, 0.1) is 6.92 Å². The van der Waals surface area contributed by atoms with Gasteiger partial charge in [-0.3, -0.25) is 0 Å². The van der Waals surface area contributed by atoms with Gasteiger partial charge in [-0.15, -0.1) is 0 Å². The molecule has 5 nitrogen and oxygen atoms in total. The molecule has 0 spiro atoms. The number of benzene rings is 2. The number of primary sulfonamides is 1. The Morgan fingerprint density at radius 3 is 2.24 bits per heavy atom. The third-order valence-corrected chi connectivity index (χ3v) is 5.88. The van der Waals surface area contributed by atoms with E-state index < -0.39 is 21.2 Å². The van der Waals surface area contributed by atoms with Gasteiger partial charge in [0, 0.05) is 16.9 Å². The van der Waals surface area contributed by atoms with E-state index in [1.807, 2.05) is 35.8 Å². The highest BCUT2D eigenvalue weighted by Gasteiger charge is 2.18. The first kappa shape index (κ1) is 17.8. The molecule has 0 aliphatic carbocycles. The van der Waals surface area contributed by atoms with Gasteiger partial charge in [0.15, 0.2) is 4.90 Å². The molecule has 0 fully saturated rings. The van der Waals surface area contributed by atoms with Gasteiger partial charge in [-0.25, -0.2) is 13.6 Å². The Morgan fingerprint density at radius 1 is 1.00 bits per heavy atom. The Hall–Kier alpha value is -2.06. The lowest BCUT2D eigenvalue weighted by molar-refractivity contribution is 0.597. The summed E-state index contributed by atoms with van der Waals surface area (Å²) in [5.74, 6) is 0. The lowest BCUT2D eigenvalue weighted by atomic mass is 10.1. The van der Waals surface area contributed by atoms with Crippen LogP contribution in [0.3, 0.4) is 0 Å². The summed E-state index contributed by atoms with van der Waals surface area (Å²) >= 11 is -1.05. The Morgan fingerprint density at radius 2 is 1.64 bits per heavy atom. The van der Waals surface area contributed by atoms with E-state index in [2.05, 4.69) is 0 Å². The molecule has 0 saturated carbocycles. The van der Waals surface area contributed by atoms with Crippen LogP contribution < -0.4 is 5.14 Å². The van der Waals surface area contributed by atoms with Crippen molar-refractivity contribution in [2.24, 2.45) is 5.14 Å². The number of nitrogens with two attached hydrogens (primary N) is 1. The average Bonchev–Trinajstić information content (AvgIpc) is 2.95. The lowest BCUT2D eigenvalue weighted by Crippen LogP contribution is -2.14. The minimum atomic E-state index is -3.84. The van der Waals surface area contributed by atoms with Crippen molar-refractivity contribution in [1.29, 1.82) is 0 Å². The number of sulfonamides is 1. The molecule has 3 aromatic rings. The van der Waals surface area contributed by atoms with Gasteiger partial charge in [0.2, 0.25) is 10.0 Å². The number of rotatable bonds is 4.